The van der Waals surface area contributed by atoms with Gasteiger partial charge in [-0.05, 0) is 61.2 Å². The average molecular weight is 434 g/mol. The number of carbonyl (C=O) groups excluding carboxylic acids is 1. The lowest BCUT2D eigenvalue weighted by Gasteiger charge is -2.45. The van der Waals surface area contributed by atoms with Crippen LogP contribution >= 0.6 is 0 Å². The van der Waals surface area contributed by atoms with Gasteiger partial charge in [0, 0.05) is 44.8 Å². The molecule has 2 aliphatic rings. The average Bonchev–Trinajstić information content (AvgIpc) is 2.82. The molecule has 0 aromatic heterocycles. The first-order chi connectivity index (χ1) is 15.5. The van der Waals surface area contributed by atoms with Crippen molar-refractivity contribution in [2.24, 2.45) is 0 Å². The molecular weight excluding hydrogens is 398 g/mol. The second kappa shape index (κ2) is 10.4. The van der Waals surface area contributed by atoms with Crippen LogP contribution in [0.4, 0.5) is 0 Å². The highest BCUT2D eigenvalue weighted by Crippen LogP contribution is 2.27. The third-order valence-electron chi connectivity index (χ3n) is 6.74. The van der Waals surface area contributed by atoms with Crippen LogP contribution in [-0.2, 0) is 17.8 Å². The van der Waals surface area contributed by atoms with Crippen LogP contribution in [0.25, 0.3) is 5.57 Å². The molecule has 0 spiro atoms. The van der Waals surface area contributed by atoms with Crippen molar-refractivity contribution < 1.29 is 9.53 Å². The molecule has 1 fully saturated rings. The van der Waals surface area contributed by atoms with Gasteiger partial charge in [-0.3, -0.25) is 9.80 Å². The van der Waals surface area contributed by atoms with E-state index in [1.54, 1.807) is 0 Å². The number of methoxy groups -OCH3 is 1. The summed E-state index contributed by atoms with van der Waals surface area (Å²) in [6, 6.07) is 17.7. The summed E-state index contributed by atoms with van der Waals surface area (Å²) >= 11 is 0. The highest BCUT2D eigenvalue weighted by atomic mass is 16.5. The van der Waals surface area contributed by atoms with Gasteiger partial charge in [0.05, 0.1) is 12.7 Å². The number of hydrogen-bond acceptors (Lipinski definition) is 5. The summed E-state index contributed by atoms with van der Waals surface area (Å²) in [6.45, 7) is 10.7. The van der Waals surface area contributed by atoms with Gasteiger partial charge >= 0.3 is 5.97 Å². The molecule has 0 saturated carbocycles. The molecule has 170 valence electrons. The van der Waals surface area contributed by atoms with Crippen LogP contribution in [0.2, 0.25) is 0 Å². The van der Waals surface area contributed by atoms with Crippen molar-refractivity contribution in [3.8, 4) is 0 Å². The molecule has 2 atom stereocenters. The van der Waals surface area contributed by atoms with Crippen molar-refractivity contribution in [2.45, 2.75) is 45.4 Å². The van der Waals surface area contributed by atoms with E-state index in [4.69, 9.17) is 4.74 Å². The van der Waals surface area contributed by atoms with Gasteiger partial charge in [0.1, 0.15) is 0 Å². The fourth-order valence-electron chi connectivity index (χ4n) is 5.06. The second-order valence-corrected chi connectivity index (χ2v) is 9.09. The summed E-state index contributed by atoms with van der Waals surface area (Å²) < 4.78 is 4.80. The van der Waals surface area contributed by atoms with Crippen molar-refractivity contribution in [1.82, 2.24) is 15.1 Å². The molecular formula is C27H35N3O2. The molecule has 2 aliphatic heterocycles. The van der Waals surface area contributed by atoms with Gasteiger partial charge in [0.2, 0.25) is 0 Å². The van der Waals surface area contributed by atoms with Gasteiger partial charge in [-0.25, -0.2) is 4.79 Å². The Labute approximate surface area is 192 Å². The van der Waals surface area contributed by atoms with Gasteiger partial charge < -0.3 is 10.1 Å². The van der Waals surface area contributed by atoms with Crippen LogP contribution in [0.3, 0.4) is 0 Å². The van der Waals surface area contributed by atoms with E-state index in [1.165, 1.54) is 29.4 Å². The smallest absolute Gasteiger partial charge is 0.337 e. The Morgan fingerprint density at radius 3 is 2.41 bits per heavy atom. The molecule has 32 heavy (non-hydrogen) atoms. The minimum atomic E-state index is -0.284. The normalized spacial score (nSPS) is 22.4. The van der Waals surface area contributed by atoms with E-state index in [0.717, 1.165) is 45.7 Å². The maximum absolute atomic E-state index is 11.7. The van der Waals surface area contributed by atoms with Crippen molar-refractivity contribution >= 4 is 11.5 Å². The highest BCUT2D eigenvalue weighted by Gasteiger charge is 2.30. The number of ether oxygens (including phenoxy) is 1. The van der Waals surface area contributed by atoms with E-state index in [2.05, 4.69) is 59.3 Å². The quantitative estimate of drug-likeness (QED) is 0.699. The zero-order chi connectivity index (χ0) is 22.5. The van der Waals surface area contributed by atoms with E-state index in [1.807, 2.05) is 24.3 Å². The summed E-state index contributed by atoms with van der Waals surface area (Å²) in [5.41, 5.74) is 6.17. The highest BCUT2D eigenvalue weighted by molar-refractivity contribution is 5.89. The zero-order valence-electron chi connectivity index (χ0n) is 19.5. The van der Waals surface area contributed by atoms with Crippen LogP contribution in [0.1, 0.15) is 47.3 Å². The molecule has 0 aliphatic carbocycles. The topological polar surface area (TPSA) is 44.8 Å². The summed E-state index contributed by atoms with van der Waals surface area (Å²) in [5.74, 6) is -0.284. The molecule has 1 N–H and O–H groups in total. The van der Waals surface area contributed by atoms with Gasteiger partial charge in [-0.1, -0.05) is 42.5 Å². The lowest BCUT2D eigenvalue weighted by molar-refractivity contribution is 0.0290. The molecule has 5 heteroatoms. The fourth-order valence-corrected chi connectivity index (χ4v) is 5.06. The Morgan fingerprint density at radius 1 is 1.03 bits per heavy atom. The summed E-state index contributed by atoms with van der Waals surface area (Å²) in [4.78, 5) is 16.8. The number of hydrogen-bond donors (Lipinski definition) is 1. The Balaban J connectivity index is 1.41. The van der Waals surface area contributed by atoms with E-state index in [0.29, 0.717) is 17.6 Å². The lowest BCUT2D eigenvalue weighted by atomic mass is 9.94. The third kappa shape index (κ3) is 5.29. The van der Waals surface area contributed by atoms with Crippen LogP contribution in [0.5, 0.6) is 0 Å². The number of benzene rings is 2. The molecule has 2 heterocycles. The monoisotopic (exact) mass is 433 g/mol. The fraction of sp³-hybridized carbons (Fsp3) is 0.444. The second-order valence-electron chi connectivity index (χ2n) is 9.09. The SMILES string of the molecule is COC(=O)c1ccc(CN2C[C@@H](C)N(Cc3ccccc3C3=CCNCC3)[C@@H](C)C2)cc1. The lowest BCUT2D eigenvalue weighted by Crippen LogP contribution is -2.55. The van der Waals surface area contributed by atoms with Crippen molar-refractivity contribution in [2.75, 3.05) is 33.3 Å². The molecule has 1 saturated heterocycles. The predicted octanol–water partition coefficient (Wildman–Crippen LogP) is 3.94. The first kappa shape index (κ1) is 22.7. The van der Waals surface area contributed by atoms with Crippen LogP contribution in [0.15, 0.2) is 54.6 Å². The van der Waals surface area contributed by atoms with Gasteiger partial charge in [0.25, 0.3) is 0 Å². The van der Waals surface area contributed by atoms with E-state index >= 15 is 0 Å². The number of carbonyl (C=O) groups is 1. The summed E-state index contributed by atoms with van der Waals surface area (Å²) in [6.07, 6.45) is 3.45. The van der Waals surface area contributed by atoms with E-state index in [9.17, 15) is 4.79 Å². The Kier molecular flexibility index (Phi) is 7.40. The Hall–Kier alpha value is -2.47. The largest absolute Gasteiger partial charge is 0.465 e. The maximum atomic E-state index is 11.7. The van der Waals surface area contributed by atoms with E-state index < -0.39 is 0 Å². The number of esters is 1. The molecule has 0 amide bonds. The first-order valence-electron chi connectivity index (χ1n) is 11.7. The standard InChI is InChI=1S/C27H35N3O2/c1-20-16-29(18-22-8-10-24(11-9-22)27(31)32-3)17-21(2)30(20)19-25-6-4-5-7-26(25)23-12-14-28-15-13-23/h4-12,20-21,28H,13-19H2,1-3H3/t20-,21+. The van der Waals surface area contributed by atoms with Crippen molar-refractivity contribution in [3.05, 3.63) is 76.9 Å². The molecule has 2 aromatic rings. The molecule has 0 radical (unpaired) electrons. The molecule has 4 rings (SSSR count). The molecule has 2 aromatic carbocycles. The van der Waals surface area contributed by atoms with Gasteiger partial charge in [-0.2, -0.15) is 0 Å². The number of piperazine rings is 1. The van der Waals surface area contributed by atoms with Gasteiger partial charge in [-0.15, -0.1) is 0 Å². The number of nitrogens with one attached hydrogen (secondary N) is 1. The number of rotatable bonds is 6. The molecule has 5 nitrogen and oxygen atoms in total. The molecule has 0 unspecified atom stereocenters. The summed E-state index contributed by atoms with van der Waals surface area (Å²) in [5, 5.41) is 3.42. The number of nitrogens with zero attached hydrogens (tertiary/aromatic N) is 2. The summed E-state index contributed by atoms with van der Waals surface area (Å²) in [7, 11) is 1.42. The first-order valence-corrected chi connectivity index (χ1v) is 11.7. The van der Waals surface area contributed by atoms with Crippen molar-refractivity contribution in [3.63, 3.8) is 0 Å². The minimum absolute atomic E-state index is 0.284. The third-order valence-corrected chi connectivity index (χ3v) is 6.74. The maximum Gasteiger partial charge on any atom is 0.337 e. The van der Waals surface area contributed by atoms with Crippen molar-refractivity contribution in [1.29, 1.82) is 0 Å². The van der Waals surface area contributed by atoms with Gasteiger partial charge in [0.15, 0.2) is 0 Å². The minimum Gasteiger partial charge on any atom is -0.465 e. The zero-order valence-corrected chi connectivity index (χ0v) is 19.5. The Morgan fingerprint density at radius 2 is 1.75 bits per heavy atom. The Bertz CT molecular complexity index is 942. The van der Waals surface area contributed by atoms with E-state index in [-0.39, 0.29) is 5.97 Å². The van der Waals surface area contributed by atoms with Crippen LogP contribution < -0.4 is 5.32 Å². The molecule has 0 bridgehead atoms. The predicted molar refractivity (Wildman–Crippen MR) is 129 cm³/mol. The van der Waals surface area contributed by atoms with Crippen LogP contribution in [-0.4, -0.2) is 61.1 Å². The van der Waals surface area contributed by atoms with Crippen LogP contribution in [0, 0.1) is 0 Å².